The normalized spacial score (nSPS) is 19.0. The molecule has 1 fully saturated rings. The van der Waals surface area contributed by atoms with Crippen molar-refractivity contribution in [3.8, 4) is 0 Å². The maximum absolute atomic E-state index is 5.69. The Morgan fingerprint density at radius 1 is 1.28 bits per heavy atom. The van der Waals surface area contributed by atoms with Gasteiger partial charge in [-0.15, -0.1) is 24.0 Å². The molecule has 0 aromatic carbocycles. The number of halogens is 1. The van der Waals surface area contributed by atoms with E-state index in [-0.39, 0.29) is 24.0 Å². The summed E-state index contributed by atoms with van der Waals surface area (Å²) >= 11 is 0. The largest absolute Gasteiger partial charge is 0.382 e. The second-order valence-electron chi connectivity index (χ2n) is 6.78. The van der Waals surface area contributed by atoms with Crippen LogP contribution in [0.4, 0.5) is 0 Å². The van der Waals surface area contributed by atoms with Crippen molar-refractivity contribution in [2.75, 3.05) is 53.1 Å². The minimum Gasteiger partial charge on any atom is -0.382 e. The Labute approximate surface area is 172 Å². The molecular formula is C19H40IN3O2. The minimum absolute atomic E-state index is 0. The third-order valence-corrected chi connectivity index (χ3v) is 4.75. The van der Waals surface area contributed by atoms with Gasteiger partial charge in [0.25, 0.3) is 0 Å². The average Bonchev–Trinajstić information content (AvgIpc) is 3.06. The molecule has 25 heavy (non-hydrogen) atoms. The maximum atomic E-state index is 5.69. The van der Waals surface area contributed by atoms with Gasteiger partial charge < -0.3 is 19.7 Å². The Morgan fingerprint density at radius 3 is 2.72 bits per heavy atom. The van der Waals surface area contributed by atoms with Gasteiger partial charge in [0.15, 0.2) is 5.96 Å². The minimum atomic E-state index is 0. The molecule has 0 radical (unpaired) electrons. The van der Waals surface area contributed by atoms with E-state index in [0.29, 0.717) is 19.1 Å². The van der Waals surface area contributed by atoms with E-state index >= 15 is 0 Å². The number of hydrogen-bond acceptors (Lipinski definition) is 3. The summed E-state index contributed by atoms with van der Waals surface area (Å²) in [5.41, 5.74) is 0. The highest BCUT2D eigenvalue weighted by Crippen LogP contribution is 2.18. The second-order valence-corrected chi connectivity index (χ2v) is 6.78. The van der Waals surface area contributed by atoms with Crippen molar-refractivity contribution >= 4 is 29.9 Å². The number of guanidine groups is 1. The topological polar surface area (TPSA) is 46.1 Å². The average molecular weight is 469 g/mol. The second kappa shape index (κ2) is 16.1. The molecule has 2 unspecified atom stereocenters. The number of nitrogens with one attached hydrogen (secondary N) is 1. The summed E-state index contributed by atoms with van der Waals surface area (Å²) in [5.74, 6) is 2.41. The molecule has 1 heterocycles. The van der Waals surface area contributed by atoms with E-state index in [2.05, 4.69) is 31.0 Å². The molecule has 1 saturated heterocycles. The lowest BCUT2D eigenvalue weighted by atomic mass is 10.00. The first-order valence-corrected chi connectivity index (χ1v) is 9.84. The molecule has 0 spiro atoms. The quantitative estimate of drug-likeness (QED) is 0.205. The first-order chi connectivity index (χ1) is 11.7. The van der Waals surface area contributed by atoms with Crippen LogP contribution in [0.2, 0.25) is 0 Å². The zero-order valence-electron chi connectivity index (χ0n) is 16.8. The SMILES string of the molecule is CCCCC(CC)CN=C(NCC)N1CCC(COCCOC)C1.I. The zero-order valence-corrected chi connectivity index (χ0v) is 19.1. The van der Waals surface area contributed by atoms with Crippen molar-refractivity contribution in [1.82, 2.24) is 10.2 Å². The summed E-state index contributed by atoms with van der Waals surface area (Å²) in [6, 6.07) is 0. The molecule has 0 aliphatic carbocycles. The summed E-state index contributed by atoms with van der Waals surface area (Å²) < 4.78 is 10.7. The molecule has 6 heteroatoms. The van der Waals surface area contributed by atoms with E-state index < -0.39 is 0 Å². The predicted molar refractivity (Wildman–Crippen MR) is 117 cm³/mol. The van der Waals surface area contributed by atoms with E-state index in [1.807, 2.05) is 0 Å². The molecule has 0 aromatic heterocycles. The van der Waals surface area contributed by atoms with Gasteiger partial charge in [0, 0.05) is 39.2 Å². The summed E-state index contributed by atoms with van der Waals surface area (Å²) in [6.07, 6.45) is 6.29. The number of ether oxygens (including phenoxy) is 2. The molecular weight excluding hydrogens is 429 g/mol. The van der Waals surface area contributed by atoms with Gasteiger partial charge >= 0.3 is 0 Å². The van der Waals surface area contributed by atoms with Gasteiger partial charge in [0.05, 0.1) is 19.8 Å². The summed E-state index contributed by atoms with van der Waals surface area (Å²) in [5, 5.41) is 3.47. The molecule has 150 valence electrons. The number of rotatable bonds is 12. The van der Waals surface area contributed by atoms with Crippen molar-refractivity contribution in [3.63, 3.8) is 0 Å². The fourth-order valence-electron chi connectivity index (χ4n) is 3.11. The van der Waals surface area contributed by atoms with Gasteiger partial charge in [0.1, 0.15) is 0 Å². The van der Waals surface area contributed by atoms with Gasteiger partial charge in [-0.2, -0.15) is 0 Å². The fraction of sp³-hybridized carbons (Fsp3) is 0.947. The molecule has 5 nitrogen and oxygen atoms in total. The van der Waals surface area contributed by atoms with Crippen molar-refractivity contribution in [2.24, 2.45) is 16.8 Å². The summed E-state index contributed by atoms with van der Waals surface area (Å²) in [4.78, 5) is 7.34. The molecule has 2 atom stereocenters. The van der Waals surface area contributed by atoms with Gasteiger partial charge in [0.2, 0.25) is 0 Å². The van der Waals surface area contributed by atoms with Crippen molar-refractivity contribution < 1.29 is 9.47 Å². The standard InChI is InChI=1S/C19H39N3O2.HI/c1-5-8-9-17(6-2)14-21-19(20-7-3)22-11-10-18(15-22)16-24-13-12-23-4;/h17-18H,5-16H2,1-4H3,(H,20,21);1H. The number of hydrogen-bond donors (Lipinski definition) is 1. The summed E-state index contributed by atoms with van der Waals surface area (Å²) in [7, 11) is 1.71. The van der Waals surface area contributed by atoms with Crippen LogP contribution >= 0.6 is 24.0 Å². The Bertz CT molecular complexity index is 343. The van der Waals surface area contributed by atoms with Gasteiger partial charge in [-0.05, 0) is 25.7 Å². The molecule has 1 rings (SSSR count). The first-order valence-electron chi connectivity index (χ1n) is 9.84. The lowest BCUT2D eigenvalue weighted by Crippen LogP contribution is -2.40. The lowest BCUT2D eigenvalue weighted by molar-refractivity contribution is 0.0536. The van der Waals surface area contributed by atoms with Gasteiger partial charge in [-0.3, -0.25) is 4.99 Å². The van der Waals surface area contributed by atoms with Crippen LogP contribution in [0.1, 0.15) is 52.9 Å². The molecule has 1 N–H and O–H groups in total. The van der Waals surface area contributed by atoms with E-state index in [1.165, 1.54) is 32.1 Å². The first kappa shape index (κ1) is 24.9. The van der Waals surface area contributed by atoms with Crippen LogP contribution in [-0.2, 0) is 9.47 Å². The molecule has 0 saturated carbocycles. The van der Waals surface area contributed by atoms with Crippen LogP contribution in [0.25, 0.3) is 0 Å². The fourth-order valence-corrected chi connectivity index (χ4v) is 3.11. The van der Waals surface area contributed by atoms with Crippen LogP contribution in [0.5, 0.6) is 0 Å². The highest BCUT2D eigenvalue weighted by molar-refractivity contribution is 14.0. The maximum Gasteiger partial charge on any atom is 0.193 e. The third kappa shape index (κ3) is 10.6. The summed E-state index contributed by atoms with van der Waals surface area (Å²) in [6.45, 7) is 12.9. The monoisotopic (exact) mass is 469 g/mol. The van der Waals surface area contributed by atoms with Crippen LogP contribution in [-0.4, -0.2) is 64.0 Å². The smallest absolute Gasteiger partial charge is 0.193 e. The lowest BCUT2D eigenvalue weighted by Gasteiger charge is -2.23. The van der Waals surface area contributed by atoms with E-state index in [4.69, 9.17) is 14.5 Å². The van der Waals surface area contributed by atoms with Crippen LogP contribution in [0, 0.1) is 11.8 Å². The highest BCUT2D eigenvalue weighted by atomic mass is 127. The number of unbranched alkanes of at least 4 members (excludes halogenated alkanes) is 1. The molecule has 1 aliphatic rings. The Hall–Kier alpha value is -0.0800. The van der Waals surface area contributed by atoms with Crippen molar-refractivity contribution in [3.05, 3.63) is 0 Å². The Kier molecular flexibility index (Phi) is 16.1. The van der Waals surface area contributed by atoms with Crippen LogP contribution in [0.3, 0.4) is 0 Å². The highest BCUT2D eigenvalue weighted by Gasteiger charge is 2.25. The Balaban J connectivity index is 0.00000576. The predicted octanol–water partition coefficient (Wildman–Crippen LogP) is 3.77. The number of likely N-dealkylation sites (tertiary alicyclic amines) is 1. The van der Waals surface area contributed by atoms with E-state index in [0.717, 1.165) is 44.7 Å². The molecule has 1 aliphatic heterocycles. The molecule has 0 amide bonds. The van der Waals surface area contributed by atoms with Gasteiger partial charge in [-0.1, -0.05) is 33.1 Å². The number of nitrogens with zero attached hydrogens (tertiary/aromatic N) is 2. The molecule has 0 aromatic rings. The van der Waals surface area contributed by atoms with Crippen molar-refractivity contribution in [2.45, 2.75) is 52.9 Å². The molecule has 0 bridgehead atoms. The Morgan fingerprint density at radius 2 is 2.08 bits per heavy atom. The third-order valence-electron chi connectivity index (χ3n) is 4.75. The van der Waals surface area contributed by atoms with Crippen LogP contribution in [0.15, 0.2) is 4.99 Å². The van der Waals surface area contributed by atoms with E-state index in [9.17, 15) is 0 Å². The van der Waals surface area contributed by atoms with Gasteiger partial charge in [-0.25, -0.2) is 0 Å². The number of methoxy groups -OCH3 is 1. The van der Waals surface area contributed by atoms with Crippen molar-refractivity contribution in [1.29, 1.82) is 0 Å². The van der Waals surface area contributed by atoms with E-state index in [1.54, 1.807) is 7.11 Å². The van der Waals surface area contributed by atoms with Crippen LogP contribution < -0.4 is 5.32 Å². The number of aliphatic imine (C=N–C) groups is 1. The zero-order chi connectivity index (χ0) is 17.6.